The average molecular weight is 181 g/mol. The second-order valence-corrected chi connectivity index (χ2v) is 3.54. The number of aromatic nitrogens is 2. The minimum atomic E-state index is -0.371. The lowest BCUT2D eigenvalue weighted by atomic mass is 9.91. The zero-order valence-electron chi connectivity index (χ0n) is 7.53. The van der Waals surface area contributed by atoms with E-state index in [0.29, 0.717) is 5.92 Å². The molecule has 1 aromatic rings. The van der Waals surface area contributed by atoms with Crippen LogP contribution in [0, 0.1) is 5.92 Å². The van der Waals surface area contributed by atoms with Crippen molar-refractivity contribution >= 4 is 0 Å². The van der Waals surface area contributed by atoms with Gasteiger partial charge < -0.3 is 15.4 Å². The standard InChI is InChI=1S/C9H15N3O/c13-9(8-5-11-6-12-8)7-1-3-10-4-2-7/h5-7,9-10,13H,1-4H2,(H,11,12). The highest BCUT2D eigenvalue weighted by molar-refractivity contribution is 5.01. The number of aliphatic hydroxyl groups excluding tert-OH is 1. The fraction of sp³-hybridized carbons (Fsp3) is 0.667. The number of imidazole rings is 1. The number of nitrogens with one attached hydrogen (secondary N) is 2. The molecule has 1 aliphatic rings. The average Bonchev–Trinajstić information content (AvgIpc) is 2.71. The summed E-state index contributed by atoms with van der Waals surface area (Å²) in [5.74, 6) is 0.377. The number of hydrogen-bond donors (Lipinski definition) is 3. The lowest BCUT2D eigenvalue weighted by Crippen LogP contribution is -2.30. The summed E-state index contributed by atoms with van der Waals surface area (Å²) in [7, 11) is 0. The van der Waals surface area contributed by atoms with Crippen LogP contribution in [0.5, 0.6) is 0 Å². The molecule has 4 heteroatoms. The molecule has 2 heterocycles. The fourth-order valence-electron chi connectivity index (χ4n) is 1.84. The fourth-order valence-corrected chi connectivity index (χ4v) is 1.84. The van der Waals surface area contributed by atoms with Crippen LogP contribution in [0.15, 0.2) is 12.5 Å². The van der Waals surface area contributed by atoms with Gasteiger partial charge in [-0.25, -0.2) is 4.98 Å². The lowest BCUT2D eigenvalue weighted by molar-refractivity contribution is 0.0855. The van der Waals surface area contributed by atoms with Crippen molar-refractivity contribution < 1.29 is 5.11 Å². The minimum Gasteiger partial charge on any atom is -0.387 e. The van der Waals surface area contributed by atoms with Gasteiger partial charge >= 0.3 is 0 Å². The van der Waals surface area contributed by atoms with Crippen LogP contribution in [0.3, 0.4) is 0 Å². The molecule has 0 saturated carbocycles. The zero-order valence-corrected chi connectivity index (χ0v) is 7.53. The summed E-state index contributed by atoms with van der Waals surface area (Å²) in [6.45, 7) is 2.02. The van der Waals surface area contributed by atoms with Crippen LogP contribution in [0.25, 0.3) is 0 Å². The summed E-state index contributed by atoms with van der Waals surface area (Å²) in [4.78, 5) is 6.86. The summed E-state index contributed by atoms with van der Waals surface area (Å²) in [6.07, 6.45) is 5.02. The molecule has 2 rings (SSSR count). The first-order valence-corrected chi connectivity index (χ1v) is 4.75. The minimum absolute atomic E-state index is 0.371. The van der Waals surface area contributed by atoms with Crippen LogP contribution in [0.1, 0.15) is 24.6 Å². The van der Waals surface area contributed by atoms with Crippen LogP contribution >= 0.6 is 0 Å². The summed E-state index contributed by atoms with van der Waals surface area (Å²) in [5, 5.41) is 13.2. The first kappa shape index (κ1) is 8.72. The van der Waals surface area contributed by atoms with E-state index < -0.39 is 0 Å². The van der Waals surface area contributed by atoms with Crippen LogP contribution in [-0.4, -0.2) is 28.2 Å². The zero-order chi connectivity index (χ0) is 9.10. The highest BCUT2D eigenvalue weighted by Gasteiger charge is 2.23. The molecule has 1 unspecified atom stereocenters. The third-order valence-corrected chi connectivity index (χ3v) is 2.67. The number of aromatic amines is 1. The number of rotatable bonds is 2. The number of H-pyrrole nitrogens is 1. The van der Waals surface area contributed by atoms with E-state index in [2.05, 4.69) is 15.3 Å². The van der Waals surface area contributed by atoms with Gasteiger partial charge in [-0.2, -0.15) is 0 Å². The second-order valence-electron chi connectivity index (χ2n) is 3.54. The molecule has 1 atom stereocenters. The molecule has 72 valence electrons. The molecule has 0 aliphatic carbocycles. The van der Waals surface area contributed by atoms with Gasteiger partial charge in [0.05, 0.1) is 24.3 Å². The Labute approximate surface area is 77.4 Å². The molecule has 1 fully saturated rings. The molecule has 0 amide bonds. The summed E-state index contributed by atoms with van der Waals surface area (Å²) < 4.78 is 0. The Morgan fingerprint density at radius 1 is 1.46 bits per heavy atom. The molecule has 0 spiro atoms. The van der Waals surface area contributed by atoms with Crippen molar-refractivity contribution in [3.8, 4) is 0 Å². The molecule has 1 saturated heterocycles. The third-order valence-electron chi connectivity index (χ3n) is 2.67. The van der Waals surface area contributed by atoms with E-state index in [4.69, 9.17) is 0 Å². The Morgan fingerprint density at radius 2 is 2.23 bits per heavy atom. The van der Waals surface area contributed by atoms with Crippen molar-refractivity contribution in [2.45, 2.75) is 18.9 Å². The van der Waals surface area contributed by atoms with Gasteiger partial charge in [-0.15, -0.1) is 0 Å². The quantitative estimate of drug-likeness (QED) is 0.620. The number of aliphatic hydroxyl groups is 1. The van der Waals surface area contributed by atoms with E-state index in [0.717, 1.165) is 31.6 Å². The Hall–Kier alpha value is -0.870. The topological polar surface area (TPSA) is 60.9 Å². The number of piperidine rings is 1. The normalized spacial score (nSPS) is 21.6. The smallest absolute Gasteiger partial charge is 0.0982 e. The molecular formula is C9H15N3O. The molecule has 0 radical (unpaired) electrons. The van der Waals surface area contributed by atoms with Crippen molar-refractivity contribution in [3.05, 3.63) is 18.2 Å². The highest BCUT2D eigenvalue weighted by atomic mass is 16.3. The maximum atomic E-state index is 9.94. The number of hydrogen-bond acceptors (Lipinski definition) is 3. The van der Waals surface area contributed by atoms with Gasteiger partial charge in [-0.3, -0.25) is 0 Å². The molecule has 1 aliphatic heterocycles. The van der Waals surface area contributed by atoms with Gasteiger partial charge in [-0.1, -0.05) is 0 Å². The van der Waals surface area contributed by atoms with E-state index >= 15 is 0 Å². The van der Waals surface area contributed by atoms with E-state index in [-0.39, 0.29) is 6.10 Å². The van der Waals surface area contributed by atoms with Crippen LogP contribution in [0.2, 0.25) is 0 Å². The van der Waals surface area contributed by atoms with Gasteiger partial charge in [-0.05, 0) is 31.8 Å². The predicted molar refractivity (Wildman–Crippen MR) is 49.1 cm³/mol. The molecular weight excluding hydrogens is 166 g/mol. The highest BCUT2D eigenvalue weighted by Crippen LogP contribution is 2.26. The van der Waals surface area contributed by atoms with Crippen LogP contribution in [-0.2, 0) is 0 Å². The van der Waals surface area contributed by atoms with E-state index in [1.165, 1.54) is 0 Å². The predicted octanol–water partition coefficient (Wildman–Crippen LogP) is 0.443. The second kappa shape index (κ2) is 3.89. The van der Waals surface area contributed by atoms with Crippen molar-refractivity contribution in [2.24, 2.45) is 5.92 Å². The Kier molecular flexibility index (Phi) is 2.61. The molecule has 4 nitrogen and oxygen atoms in total. The Morgan fingerprint density at radius 3 is 2.85 bits per heavy atom. The maximum Gasteiger partial charge on any atom is 0.0982 e. The molecule has 3 N–H and O–H groups in total. The monoisotopic (exact) mass is 181 g/mol. The maximum absolute atomic E-state index is 9.94. The summed E-state index contributed by atoms with van der Waals surface area (Å²) in [6, 6.07) is 0. The molecule has 13 heavy (non-hydrogen) atoms. The van der Waals surface area contributed by atoms with Crippen molar-refractivity contribution in [3.63, 3.8) is 0 Å². The Bertz CT molecular complexity index is 241. The van der Waals surface area contributed by atoms with Gasteiger partial charge in [0.25, 0.3) is 0 Å². The largest absolute Gasteiger partial charge is 0.387 e. The third kappa shape index (κ3) is 1.89. The first-order valence-electron chi connectivity index (χ1n) is 4.75. The summed E-state index contributed by atoms with van der Waals surface area (Å²) in [5.41, 5.74) is 0.840. The van der Waals surface area contributed by atoms with Crippen LogP contribution < -0.4 is 5.32 Å². The van der Waals surface area contributed by atoms with E-state index in [9.17, 15) is 5.11 Å². The van der Waals surface area contributed by atoms with E-state index in [1.54, 1.807) is 12.5 Å². The van der Waals surface area contributed by atoms with E-state index in [1.807, 2.05) is 0 Å². The molecule has 1 aromatic heterocycles. The SMILES string of the molecule is OC(c1cnc[nH]1)C1CCNCC1. The van der Waals surface area contributed by atoms with Gasteiger partial charge in [0.1, 0.15) is 0 Å². The summed E-state index contributed by atoms with van der Waals surface area (Å²) >= 11 is 0. The van der Waals surface area contributed by atoms with Gasteiger partial charge in [0.2, 0.25) is 0 Å². The lowest BCUT2D eigenvalue weighted by Gasteiger charge is -2.26. The van der Waals surface area contributed by atoms with Crippen molar-refractivity contribution in [2.75, 3.05) is 13.1 Å². The van der Waals surface area contributed by atoms with Crippen molar-refractivity contribution in [1.29, 1.82) is 0 Å². The first-order chi connectivity index (χ1) is 6.38. The molecule has 0 aromatic carbocycles. The van der Waals surface area contributed by atoms with Crippen molar-refractivity contribution in [1.82, 2.24) is 15.3 Å². The Balaban J connectivity index is 1.99. The van der Waals surface area contributed by atoms with Crippen LogP contribution in [0.4, 0.5) is 0 Å². The van der Waals surface area contributed by atoms with Gasteiger partial charge in [0, 0.05) is 0 Å². The van der Waals surface area contributed by atoms with Gasteiger partial charge in [0.15, 0.2) is 0 Å². The number of nitrogens with zero attached hydrogens (tertiary/aromatic N) is 1. The molecule has 0 bridgehead atoms.